The van der Waals surface area contributed by atoms with Crippen molar-refractivity contribution in [1.82, 2.24) is 14.5 Å². The van der Waals surface area contributed by atoms with Crippen molar-refractivity contribution < 1.29 is 0 Å². The fourth-order valence-corrected chi connectivity index (χ4v) is 2.34. The van der Waals surface area contributed by atoms with E-state index in [0.717, 1.165) is 23.3 Å². The molecule has 1 aromatic carbocycles. The number of imidazole rings is 1. The molecule has 3 rings (SSSR count). The molecule has 19 heavy (non-hydrogen) atoms. The molecule has 0 saturated heterocycles. The Morgan fingerprint density at radius 3 is 2.68 bits per heavy atom. The van der Waals surface area contributed by atoms with Gasteiger partial charge in [-0.2, -0.15) is 0 Å². The Morgan fingerprint density at radius 2 is 1.95 bits per heavy atom. The van der Waals surface area contributed by atoms with E-state index in [1.807, 2.05) is 31.4 Å². The van der Waals surface area contributed by atoms with Crippen molar-refractivity contribution in [2.45, 2.75) is 13.0 Å². The summed E-state index contributed by atoms with van der Waals surface area (Å²) >= 11 is 0. The number of aromatic nitrogens is 3. The molecule has 96 valence electrons. The first-order valence-corrected chi connectivity index (χ1v) is 6.31. The van der Waals surface area contributed by atoms with Crippen LogP contribution in [0.15, 0.2) is 42.7 Å². The number of hydrogen-bond acceptors (Lipinski definition) is 3. The molecular formula is C15H16N4. The highest BCUT2D eigenvalue weighted by Crippen LogP contribution is 2.18. The average molecular weight is 252 g/mol. The molecule has 0 spiro atoms. The molecule has 2 aromatic heterocycles. The second-order valence-electron chi connectivity index (χ2n) is 4.60. The molecule has 0 aliphatic carbocycles. The molecule has 0 radical (unpaired) electrons. The van der Waals surface area contributed by atoms with E-state index in [-0.39, 0.29) is 0 Å². The highest BCUT2D eigenvalue weighted by molar-refractivity contribution is 5.74. The van der Waals surface area contributed by atoms with E-state index in [1.54, 1.807) is 6.20 Å². The number of pyridine rings is 1. The van der Waals surface area contributed by atoms with E-state index < -0.39 is 0 Å². The molecule has 3 aromatic rings. The molecule has 0 aliphatic heterocycles. The van der Waals surface area contributed by atoms with Crippen LogP contribution in [0.25, 0.3) is 11.0 Å². The van der Waals surface area contributed by atoms with Crippen LogP contribution in [0.1, 0.15) is 17.0 Å². The second kappa shape index (κ2) is 4.82. The molecule has 4 nitrogen and oxygen atoms in total. The van der Waals surface area contributed by atoms with Gasteiger partial charge in [0.15, 0.2) is 0 Å². The fourth-order valence-electron chi connectivity index (χ4n) is 2.34. The standard InChI is InChI=1S/C15H16N4/c1-19-14-10-17-7-6-13(14)18-15(19)8-11-4-2-3-5-12(11)9-16/h2-7,10H,8-9,16H2,1H3. The number of benzene rings is 1. The Kier molecular flexibility index (Phi) is 3.01. The lowest BCUT2D eigenvalue weighted by molar-refractivity contribution is 0.836. The maximum absolute atomic E-state index is 5.78. The number of nitrogens with two attached hydrogens (primary N) is 1. The zero-order chi connectivity index (χ0) is 13.2. The normalized spacial score (nSPS) is 11.1. The Labute approximate surface area is 111 Å². The van der Waals surface area contributed by atoms with Gasteiger partial charge in [0.25, 0.3) is 0 Å². The topological polar surface area (TPSA) is 56.7 Å². The molecule has 0 bridgehead atoms. The Bertz CT molecular complexity index is 715. The number of nitrogens with zero attached hydrogens (tertiary/aromatic N) is 3. The Hall–Kier alpha value is -2.20. The van der Waals surface area contributed by atoms with Gasteiger partial charge in [0, 0.05) is 26.2 Å². The summed E-state index contributed by atoms with van der Waals surface area (Å²) in [6.45, 7) is 0.557. The quantitative estimate of drug-likeness (QED) is 0.776. The van der Waals surface area contributed by atoms with Gasteiger partial charge in [0.05, 0.1) is 17.2 Å². The van der Waals surface area contributed by atoms with Crippen LogP contribution in [-0.2, 0) is 20.0 Å². The largest absolute Gasteiger partial charge is 0.330 e. The molecule has 0 aliphatic rings. The van der Waals surface area contributed by atoms with Crippen molar-refractivity contribution >= 4 is 11.0 Å². The van der Waals surface area contributed by atoms with E-state index >= 15 is 0 Å². The molecule has 0 amide bonds. The predicted molar refractivity (Wildman–Crippen MR) is 75.6 cm³/mol. The molecule has 2 heterocycles. The van der Waals surface area contributed by atoms with Crippen molar-refractivity contribution in [3.63, 3.8) is 0 Å². The molecule has 0 atom stereocenters. The van der Waals surface area contributed by atoms with Crippen LogP contribution in [0, 0.1) is 0 Å². The van der Waals surface area contributed by atoms with Gasteiger partial charge >= 0.3 is 0 Å². The van der Waals surface area contributed by atoms with Crippen LogP contribution >= 0.6 is 0 Å². The molecule has 4 heteroatoms. The van der Waals surface area contributed by atoms with Crippen molar-refractivity contribution in [1.29, 1.82) is 0 Å². The minimum atomic E-state index is 0.557. The summed E-state index contributed by atoms with van der Waals surface area (Å²) in [6.07, 6.45) is 4.41. The minimum Gasteiger partial charge on any atom is -0.330 e. The van der Waals surface area contributed by atoms with Crippen LogP contribution in [0.4, 0.5) is 0 Å². The van der Waals surface area contributed by atoms with Crippen molar-refractivity contribution in [2.24, 2.45) is 12.8 Å². The second-order valence-corrected chi connectivity index (χ2v) is 4.60. The van der Waals surface area contributed by atoms with Gasteiger partial charge in [-0.05, 0) is 17.2 Å². The maximum atomic E-state index is 5.78. The zero-order valence-corrected chi connectivity index (χ0v) is 10.9. The lowest BCUT2D eigenvalue weighted by Crippen LogP contribution is -2.05. The van der Waals surface area contributed by atoms with Gasteiger partial charge in [-0.3, -0.25) is 4.98 Å². The van der Waals surface area contributed by atoms with Gasteiger partial charge in [0.2, 0.25) is 0 Å². The lowest BCUT2D eigenvalue weighted by atomic mass is 10.0. The van der Waals surface area contributed by atoms with Crippen molar-refractivity contribution in [2.75, 3.05) is 0 Å². The van der Waals surface area contributed by atoms with Crippen LogP contribution < -0.4 is 5.73 Å². The van der Waals surface area contributed by atoms with E-state index in [4.69, 9.17) is 5.73 Å². The SMILES string of the molecule is Cn1c(Cc2ccccc2CN)nc2ccncc21. The van der Waals surface area contributed by atoms with E-state index in [1.165, 1.54) is 11.1 Å². The molecule has 0 saturated carbocycles. The number of hydrogen-bond donors (Lipinski definition) is 1. The summed E-state index contributed by atoms with van der Waals surface area (Å²) in [5.41, 5.74) is 10.2. The van der Waals surface area contributed by atoms with Gasteiger partial charge in [-0.25, -0.2) is 4.98 Å². The number of aryl methyl sites for hydroxylation is 1. The van der Waals surface area contributed by atoms with Crippen molar-refractivity contribution in [3.8, 4) is 0 Å². The third-order valence-corrected chi connectivity index (χ3v) is 3.46. The number of rotatable bonds is 3. The van der Waals surface area contributed by atoms with Crippen molar-refractivity contribution in [3.05, 3.63) is 59.7 Å². The molecular weight excluding hydrogens is 236 g/mol. The van der Waals surface area contributed by atoms with Crippen LogP contribution in [0.2, 0.25) is 0 Å². The third kappa shape index (κ3) is 2.11. The first-order valence-electron chi connectivity index (χ1n) is 6.31. The Balaban J connectivity index is 2.03. The summed E-state index contributed by atoms with van der Waals surface area (Å²) in [7, 11) is 2.03. The number of fused-ring (bicyclic) bond motifs is 1. The van der Waals surface area contributed by atoms with Crippen LogP contribution in [0.3, 0.4) is 0 Å². The van der Waals surface area contributed by atoms with Gasteiger partial charge in [0.1, 0.15) is 5.82 Å². The fraction of sp³-hybridized carbons (Fsp3) is 0.200. The van der Waals surface area contributed by atoms with Gasteiger partial charge < -0.3 is 10.3 Å². The summed E-state index contributed by atoms with van der Waals surface area (Å²) in [6, 6.07) is 10.2. The third-order valence-electron chi connectivity index (χ3n) is 3.46. The minimum absolute atomic E-state index is 0.557. The molecule has 2 N–H and O–H groups in total. The summed E-state index contributed by atoms with van der Waals surface area (Å²) in [4.78, 5) is 8.81. The predicted octanol–water partition coefficient (Wildman–Crippen LogP) is 2.02. The molecule has 0 fully saturated rings. The lowest BCUT2D eigenvalue weighted by Gasteiger charge is -2.07. The van der Waals surface area contributed by atoms with Crippen LogP contribution in [0.5, 0.6) is 0 Å². The maximum Gasteiger partial charge on any atom is 0.114 e. The van der Waals surface area contributed by atoms with E-state index in [2.05, 4.69) is 26.7 Å². The first kappa shape index (κ1) is 11.9. The first-order chi connectivity index (χ1) is 9.29. The monoisotopic (exact) mass is 252 g/mol. The highest BCUT2D eigenvalue weighted by atomic mass is 15.1. The van der Waals surface area contributed by atoms with Gasteiger partial charge in [-0.15, -0.1) is 0 Å². The highest BCUT2D eigenvalue weighted by Gasteiger charge is 2.09. The summed E-state index contributed by atoms with van der Waals surface area (Å²) in [5, 5.41) is 0. The van der Waals surface area contributed by atoms with Crippen LogP contribution in [-0.4, -0.2) is 14.5 Å². The zero-order valence-electron chi connectivity index (χ0n) is 10.9. The van der Waals surface area contributed by atoms with Gasteiger partial charge in [-0.1, -0.05) is 24.3 Å². The van der Waals surface area contributed by atoms with E-state index in [0.29, 0.717) is 6.54 Å². The molecule has 0 unspecified atom stereocenters. The summed E-state index contributed by atoms with van der Waals surface area (Å²) < 4.78 is 2.09. The average Bonchev–Trinajstić information content (AvgIpc) is 2.77. The van der Waals surface area contributed by atoms with E-state index in [9.17, 15) is 0 Å². The Morgan fingerprint density at radius 1 is 1.16 bits per heavy atom. The summed E-state index contributed by atoms with van der Waals surface area (Å²) in [5.74, 6) is 1.03. The smallest absolute Gasteiger partial charge is 0.114 e.